The predicted octanol–water partition coefficient (Wildman–Crippen LogP) is 3.09. The van der Waals surface area contributed by atoms with E-state index in [-0.39, 0.29) is 18.4 Å². The van der Waals surface area contributed by atoms with Crippen molar-refractivity contribution >= 4 is 17.4 Å². The monoisotopic (exact) mass is 361 g/mol. The Kier molecular flexibility index (Phi) is 4.75. The number of pyridine rings is 1. The molecule has 0 spiro atoms. The average molecular weight is 361 g/mol. The van der Waals surface area contributed by atoms with E-state index in [0.29, 0.717) is 22.9 Å². The molecule has 1 aromatic heterocycles. The lowest BCUT2D eigenvalue weighted by molar-refractivity contribution is -0.138. The van der Waals surface area contributed by atoms with Gasteiger partial charge in [-0.1, -0.05) is 43.3 Å². The molecule has 2 aromatic rings. The molecule has 1 atom stereocenters. The third-order valence-corrected chi connectivity index (χ3v) is 5.23. The zero-order valence-electron chi connectivity index (χ0n) is 15.5. The first-order chi connectivity index (χ1) is 13.1. The molecule has 3 heterocycles. The predicted molar refractivity (Wildman–Crippen MR) is 103 cm³/mol. The number of carbonyl (C=O) groups excluding carboxylic acids is 2. The van der Waals surface area contributed by atoms with Gasteiger partial charge in [-0.15, -0.1) is 0 Å². The van der Waals surface area contributed by atoms with Crippen LogP contribution in [0.3, 0.4) is 0 Å². The molecule has 1 aromatic carbocycles. The highest BCUT2D eigenvalue weighted by molar-refractivity contribution is 6.35. The van der Waals surface area contributed by atoms with Crippen LogP contribution >= 0.6 is 0 Å². The van der Waals surface area contributed by atoms with Gasteiger partial charge in [0.2, 0.25) is 0 Å². The molecule has 1 unspecified atom stereocenters. The molecule has 0 saturated carbocycles. The molecule has 27 heavy (non-hydrogen) atoms. The Labute approximate surface area is 159 Å². The SMILES string of the molecule is CC1CCCN(C2=C(c3ccccc3)C(=O)N(Cc3ccccn3)C2=O)C1. The summed E-state index contributed by atoms with van der Waals surface area (Å²) in [7, 11) is 0. The van der Waals surface area contributed by atoms with Gasteiger partial charge in [-0.3, -0.25) is 19.5 Å². The number of imide groups is 1. The van der Waals surface area contributed by atoms with Crippen LogP contribution in [-0.4, -0.2) is 39.7 Å². The second-order valence-electron chi connectivity index (χ2n) is 7.30. The highest BCUT2D eigenvalue weighted by atomic mass is 16.2. The maximum absolute atomic E-state index is 13.3. The molecule has 0 aliphatic carbocycles. The molecule has 4 rings (SSSR count). The Morgan fingerprint density at radius 3 is 2.52 bits per heavy atom. The molecule has 1 saturated heterocycles. The van der Waals surface area contributed by atoms with Crippen LogP contribution in [0.4, 0.5) is 0 Å². The summed E-state index contributed by atoms with van der Waals surface area (Å²) in [5, 5.41) is 0. The molecule has 5 heteroatoms. The normalized spacial score (nSPS) is 20.6. The van der Waals surface area contributed by atoms with Gasteiger partial charge in [0.25, 0.3) is 11.8 Å². The fraction of sp³-hybridized carbons (Fsp3) is 0.318. The van der Waals surface area contributed by atoms with Crippen molar-refractivity contribution < 1.29 is 9.59 Å². The molecule has 0 N–H and O–H groups in total. The number of likely N-dealkylation sites (tertiary alicyclic amines) is 1. The number of rotatable bonds is 4. The summed E-state index contributed by atoms with van der Waals surface area (Å²) in [4.78, 5) is 34.3. The zero-order valence-corrected chi connectivity index (χ0v) is 15.5. The van der Waals surface area contributed by atoms with E-state index < -0.39 is 0 Å². The first-order valence-electron chi connectivity index (χ1n) is 9.46. The van der Waals surface area contributed by atoms with Gasteiger partial charge < -0.3 is 4.90 Å². The maximum Gasteiger partial charge on any atom is 0.278 e. The van der Waals surface area contributed by atoms with Gasteiger partial charge in [0.15, 0.2) is 0 Å². The van der Waals surface area contributed by atoms with Crippen molar-refractivity contribution in [3.8, 4) is 0 Å². The summed E-state index contributed by atoms with van der Waals surface area (Å²) < 4.78 is 0. The molecule has 0 bridgehead atoms. The first kappa shape index (κ1) is 17.5. The number of aromatic nitrogens is 1. The third-order valence-electron chi connectivity index (χ3n) is 5.23. The number of piperidine rings is 1. The summed E-state index contributed by atoms with van der Waals surface area (Å²) in [6.45, 7) is 4.01. The van der Waals surface area contributed by atoms with Gasteiger partial charge in [0.05, 0.1) is 17.8 Å². The van der Waals surface area contributed by atoms with Crippen LogP contribution in [-0.2, 0) is 16.1 Å². The quantitative estimate of drug-likeness (QED) is 0.786. The minimum Gasteiger partial charge on any atom is -0.366 e. The van der Waals surface area contributed by atoms with Gasteiger partial charge in [-0.2, -0.15) is 0 Å². The number of carbonyl (C=O) groups is 2. The van der Waals surface area contributed by atoms with E-state index in [1.165, 1.54) is 4.90 Å². The van der Waals surface area contributed by atoms with Crippen LogP contribution in [0, 0.1) is 5.92 Å². The van der Waals surface area contributed by atoms with E-state index in [1.54, 1.807) is 6.20 Å². The third kappa shape index (κ3) is 3.37. The minimum atomic E-state index is -0.231. The maximum atomic E-state index is 13.3. The molecule has 0 radical (unpaired) electrons. The summed E-state index contributed by atoms with van der Waals surface area (Å²) in [5.74, 6) is 0.0692. The van der Waals surface area contributed by atoms with Crippen LogP contribution in [0.5, 0.6) is 0 Å². The van der Waals surface area contributed by atoms with Crippen molar-refractivity contribution in [1.82, 2.24) is 14.8 Å². The molecule has 138 valence electrons. The fourth-order valence-electron chi connectivity index (χ4n) is 3.91. The lowest BCUT2D eigenvalue weighted by Gasteiger charge is -2.33. The van der Waals surface area contributed by atoms with E-state index in [9.17, 15) is 9.59 Å². The number of nitrogens with zero attached hydrogens (tertiary/aromatic N) is 3. The molecule has 1 fully saturated rings. The van der Waals surface area contributed by atoms with E-state index in [1.807, 2.05) is 48.5 Å². The summed E-state index contributed by atoms with van der Waals surface area (Å²) in [6, 6.07) is 15.0. The van der Waals surface area contributed by atoms with Crippen LogP contribution in [0.1, 0.15) is 31.0 Å². The van der Waals surface area contributed by atoms with Crippen molar-refractivity contribution in [3.05, 3.63) is 71.7 Å². The van der Waals surface area contributed by atoms with Gasteiger partial charge in [0, 0.05) is 19.3 Å². The largest absolute Gasteiger partial charge is 0.366 e. The molecule has 2 aliphatic heterocycles. The molecule has 2 amide bonds. The molecular weight excluding hydrogens is 338 g/mol. The van der Waals surface area contributed by atoms with Crippen molar-refractivity contribution in [2.45, 2.75) is 26.3 Å². The van der Waals surface area contributed by atoms with Gasteiger partial charge >= 0.3 is 0 Å². The van der Waals surface area contributed by atoms with Crippen LogP contribution in [0.2, 0.25) is 0 Å². The van der Waals surface area contributed by atoms with Crippen molar-refractivity contribution in [2.75, 3.05) is 13.1 Å². The minimum absolute atomic E-state index is 0.196. The second kappa shape index (κ2) is 7.35. The molecule has 5 nitrogen and oxygen atoms in total. The molecular formula is C22H23N3O2. The lowest BCUT2D eigenvalue weighted by Crippen LogP contribution is -2.39. The van der Waals surface area contributed by atoms with Gasteiger partial charge in [0.1, 0.15) is 5.70 Å². The van der Waals surface area contributed by atoms with Crippen molar-refractivity contribution in [3.63, 3.8) is 0 Å². The standard InChI is InChI=1S/C22H23N3O2/c1-16-8-7-13-24(14-16)20-19(17-9-3-2-4-10-17)21(26)25(22(20)27)15-18-11-5-6-12-23-18/h2-6,9-12,16H,7-8,13-15H2,1H3. The number of benzene rings is 1. The lowest BCUT2D eigenvalue weighted by atomic mass is 9.98. The fourth-order valence-corrected chi connectivity index (χ4v) is 3.91. The van der Waals surface area contributed by atoms with Crippen LogP contribution in [0.15, 0.2) is 60.4 Å². The topological polar surface area (TPSA) is 53.5 Å². The number of amides is 2. The van der Waals surface area contributed by atoms with Crippen LogP contribution < -0.4 is 0 Å². The first-order valence-corrected chi connectivity index (χ1v) is 9.46. The molecule has 2 aliphatic rings. The van der Waals surface area contributed by atoms with Gasteiger partial charge in [-0.25, -0.2) is 0 Å². The van der Waals surface area contributed by atoms with E-state index >= 15 is 0 Å². The van der Waals surface area contributed by atoms with Crippen LogP contribution in [0.25, 0.3) is 5.57 Å². The summed E-state index contributed by atoms with van der Waals surface area (Å²) in [6.07, 6.45) is 3.87. The van der Waals surface area contributed by atoms with E-state index in [4.69, 9.17) is 0 Å². The smallest absolute Gasteiger partial charge is 0.278 e. The van der Waals surface area contributed by atoms with Gasteiger partial charge in [-0.05, 0) is 36.5 Å². The zero-order chi connectivity index (χ0) is 18.8. The highest BCUT2D eigenvalue weighted by Gasteiger charge is 2.42. The van der Waals surface area contributed by atoms with Crippen molar-refractivity contribution in [2.24, 2.45) is 5.92 Å². The Bertz CT molecular complexity index is 877. The average Bonchev–Trinajstić information content (AvgIpc) is 2.94. The number of hydrogen-bond donors (Lipinski definition) is 0. The second-order valence-corrected chi connectivity index (χ2v) is 7.30. The summed E-state index contributed by atoms with van der Waals surface area (Å²) in [5.41, 5.74) is 2.58. The number of hydrogen-bond acceptors (Lipinski definition) is 4. The Hall–Kier alpha value is -2.95. The summed E-state index contributed by atoms with van der Waals surface area (Å²) >= 11 is 0. The Morgan fingerprint density at radius 1 is 1.04 bits per heavy atom. The van der Waals surface area contributed by atoms with E-state index in [2.05, 4.69) is 16.8 Å². The Balaban J connectivity index is 1.73. The van der Waals surface area contributed by atoms with E-state index in [0.717, 1.165) is 31.5 Å². The Morgan fingerprint density at radius 2 is 1.81 bits per heavy atom. The highest BCUT2D eigenvalue weighted by Crippen LogP contribution is 2.34. The van der Waals surface area contributed by atoms with Crippen molar-refractivity contribution in [1.29, 1.82) is 0 Å².